The predicted molar refractivity (Wildman–Crippen MR) is 54.6 cm³/mol. The van der Waals surface area contributed by atoms with E-state index in [1.165, 1.54) is 12.1 Å². The number of aliphatic hydroxyl groups excluding tert-OH is 2. The number of hydrogen-bond donors (Lipinski definition) is 4. The Labute approximate surface area is 86.8 Å². The minimum absolute atomic E-state index is 0.0391. The fraction of sp³-hybridized carbons (Fsp3) is 0.300. The molecule has 1 aromatic rings. The van der Waals surface area contributed by atoms with E-state index in [0.717, 1.165) is 0 Å². The van der Waals surface area contributed by atoms with Crippen molar-refractivity contribution in [2.75, 3.05) is 12.3 Å². The maximum atomic E-state index is 10.6. The van der Waals surface area contributed by atoms with Crippen LogP contribution in [0.15, 0.2) is 18.2 Å². The van der Waals surface area contributed by atoms with Crippen molar-refractivity contribution >= 4 is 11.7 Å². The zero-order valence-electron chi connectivity index (χ0n) is 8.05. The minimum Gasteiger partial charge on any atom is -0.478 e. The van der Waals surface area contributed by atoms with E-state index >= 15 is 0 Å². The van der Waals surface area contributed by atoms with Gasteiger partial charge in [0.05, 0.1) is 18.3 Å². The molecule has 5 heteroatoms. The number of carbonyl (C=O) groups is 1. The summed E-state index contributed by atoms with van der Waals surface area (Å²) in [4.78, 5) is 10.6. The summed E-state index contributed by atoms with van der Waals surface area (Å²) in [6.07, 6.45) is -0.597. The van der Waals surface area contributed by atoms with Gasteiger partial charge in [-0.2, -0.15) is 0 Å². The van der Waals surface area contributed by atoms with Crippen molar-refractivity contribution in [2.24, 2.45) is 0 Å². The molecule has 1 aromatic carbocycles. The van der Waals surface area contributed by atoms with E-state index in [4.69, 9.17) is 15.9 Å². The van der Waals surface area contributed by atoms with Gasteiger partial charge in [0.15, 0.2) is 0 Å². The largest absolute Gasteiger partial charge is 0.478 e. The summed E-state index contributed by atoms with van der Waals surface area (Å²) in [5.41, 5.74) is 6.40. The lowest BCUT2D eigenvalue weighted by Crippen LogP contribution is -2.15. The summed E-state index contributed by atoms with van der Waals surface area (Å²) in [6.45, 7) is -0.333. The minimum atomic E-state index is -1.08. The third-order valence-electron chi connectivity index (χ3n) is 2.03. The van der Waals surface area contributed by atoms with Gasteiger partial charge in [0.2, 0.25) is 0 Å². The van der Waals surface area contributed by atoms with Gasteiger partial charge in [-0.15, -0.1) is 0 Å². The molecule has 0 saturated carbocycles. The Kier molecular flexibility index (Phi) is 3.65. The number of carboxylic acids is 1. The van der Waals surface area contributed by atoms with Crippen molar-refractivity contribution < 1.29 is 20.1 Å². The van der Waals surface area contributed by atoms with Crippen molar-refractivity contribution in [1.82, 2.24) is 0 Å². The van der Waals surface area contributed by atoms with Crippen molar-refractivity contribution in [2.45, 2.75) is 12.5 Å². The smallest absolute Gasteiger partial charge is 0.337 e. The normalized spacial score (nSPS) is 12.4. The van der Waals surface area contributed by atoms with Crippen LogP contribution < -0.4 is 5.73 Å². The molecule has 0 bridgehead atoms. The summed E-state index contributed by atoms with van der Waals surface area (Å²) in [6, 6.07) is 4.44. The van der Waals surface area contributed by atoms with Crippen LogP contribution in [-0.2, 0) is 6.42 Å². The molecule has 0 amide bonds. The molecule has 82 valence electrons. The van der Waals surface area contributed by atoms with Gasteiger partial charge in [0, 0.05) is 12.1 Å². The van der Waals surface area contributed by atoms with Crippen molar-refractivity contribution in [3.05, 3.63) is 29.3 Å². The number of nitrogen functional groups attached to an aromatic ring is 1. The highest BCUT2D eigenvalue weighted by molar-refractivity contribution is 5.93. The zero-order valence-corrected chi connectivity index (χ0v) is 8.05. The van der Waals surface area contributed by atoms with Crippen LogP contribution in [0.5, 0.6) is 0 Å². The molecule has 0 saturated heterocycles. The maximum absolute atomic E-state index is 10.6. The molecule has 5 N–H and O–H groups in total. The molecule has 0 heterocycles. The van der Waals surface area contributed by atoms with Crippen molar-refractivity contribution in [1.29, 1.82) is 0 Å². The molecule has 0 radical (unpaired) electrons. The molecule has 0 spiro atoms. The molecule has 1 atom stereocenters. The molecule has 5 nitrogen and oxygen atoms in total. The van der Waals surface area contributed by atoms with Crippen LogP contribution in [0.1, 0.15) is 15.9 Å². The zero-order chi connectivity index (χ0) is 11.4. The van der Waals surface area contributed by atoms with Gasteiger partial charge < -0.3 is 21.1 Å². The van der Waals surface area contributed by atoms with E-state index in [9.17, 15) is 9.90 Å². The summed E-state index contributed by atoms with van der Waals surface area (Å²) in [5.74, 6) is -1.08. The highest BCUT2D eigenvalue weighted by atomic mass is 16.4. The van der Waals surface area contributed by atoms with Gasteiger partial charge in [0.25, 0.3) is 0 Å². The molecule has 0 aromatic heterocycles. The van der Waals surface area contributed by atoms with Gasteiger partial charge in [0.1, 0.15) is 0 Å². The van der Waals surface area contributed by atoms with Gasteiger partial charge >= 0.3 is 5.97 Å². The van der Waals surface area contributed by atoms with Crippen molar-refractivity contribution in [3.63, 3.8) is 0 Å². The number of anilines is 1. The number of nitrogens with two attached hydrogens (primary N) is 1. The molecule has 1 rings (SSSR count). The first kappa shape index (κ1) is 11.5. The summed E-state index contributed by atoms with van der Waals surface area (Å²) < 4.78 is 0. The standard InChI is InChI=1S/C10H13NO4/c11-9-4-6(3-7(13)5-12)1-2-8(9)10(14)15/h1-2,4,7,12-13H,3,5,11H2,(H,14,15). The van der Waals surface area contributed by atoms with Crippen molar-refractivity contribution in [3.8, 4) is 0 Å². The van der Waals surface area contributed by atoms with E-state index in [-0.39, 0.29) is 24.3 Å². The van der Waals surface area contributed by atoms with Gasteiger partial charge in [-0.1, -0.05) is 6.07 Å². The lowest BCUT2D eigenvalue weighted by atomic mass is 10.0. The Balaban J connectivity index is 2.87. The van der Waals surface area contributed by atoms with Crippen LogP contribution in [0.25, 0.3) is 0 Å². The van der Waals surface area contributed by atoms with E-state index in [1.807, 2.05) is 0 Å². The average molecular weight is 211 g/mol. The molecule has 15 heavy (non-hydrogen) atoms. The lowest BCUT2D eigenvalue weighted by molar-refractivity contribution is 0.0698. The van der Waals surface area contributed by atoms with Crippen LogP contribution in [-0.4, -0.2) is 34.0 Å². The van der Waals surface area contributed by atoms with Crippen LogP contribution in [0, 0.1) is 0 Å². The monoisotopic (exact) mass is 211 g/mol. The first-order chi connectivity index (χ1) is 7.04. The highest BCUT2D eigenvalue weighted by Crippen LogP contribution is 2.15. The van der Waals surface area contributed by atoms with E-state index < -0.39 is 12.1 Å². The van der Waals surface area contributed by atoms with Crippen LogP contribution in [0.2, 0.25) is 0 Å². The Bertz CT molecular complexity index is 364. The second-order valence-corrected chi connectivity index (χ2v) is 3.27. The van der Waals surface area contributed by atoms with Gasteiger partial charge in [-0.25, -0.2) is 4.79 Å². The summed E-state index contributed by atoms with van der Waals surface area (Å²) in [5, 5.41) is 26.5. The second kappa shape index (κ2) is 4.77. The molecule has 0 aliphatic carbocycles. The Morgan fingerprint density at radius 2 is 2.13 bits per heavy atom. The first-order valence-corrected chi connectivity index (χ1v) is 4.45. The second-order valence-electron chi connectivity index (χ2n) is 3.27. The summed E-state index contributed by atoms with van der Waals surface area (Å²) >= 11 is 0. The Hall–Kier alpha value is -1.59. The number of hydrogen-bond acceptors (Lipinski definition) is 4. The first-order valence-electron chi connectivity index (χ1n) is 4.45. The summed E-state index contributed by atoms with van der Waals surface area (Å²) in [7, 11) is 0. The fourth-order valence-corrected chi connectivity index (χ4v) is 1.27. The fourth-order valence-electron chi connectivity index (χ4n) is 1.27. The predicted octanol–water partition coefficient (Wildman–Crippen LogP) is -0.137. The molecule has 0 fully saturated rings. The number of aliphatic hydroxyl groups is 2. The highest BCUT2D eigenvalue weighted by Gasteiger charge is 2.09. The number of aromatic carboxylic acids is 1. The Morgan fingerprint density at radius 1 is 1.47 bits per heavy atom. The SMILES string of the molecule is Nc1cc(CC(O)CO)ccc1C(=O)O. The lowest BCUT2D eigenvalue weighted by Gasteiger charge is -2.08. The molecule has 0 aliphatic rings. The van der Waals surface area contributed by atoms with Gasteiger partial charge in [-0.3, -0.25) is 0 Å². The van der Waals surface area contributed by atoms with E-state index in [2.05, 4.69) is 0 Å². The van der Waals surface area contributed by atoms with Crippen LogP contribution >= 0.6 is 0 Å². The third-order valence-corrected chi connectivity index (χ3v) is 2.03. The number of rotatable bonds is 4. The van der Waals surface area contributed by atoms with Crippen LogP contribution in [0.4, 0.5) is 5.69 Å². The molecule has 1 unspecified atom stereocenters. The molecular weight excluding hydrogens is 198 g/mol. The Morgan fingerprint density at radius 3 is 2.60 bits per heavy atom. The van der Waals surface area contributed by atoms with Crippen LogP contribution in [0.3, 0.4) is 0 Å². The maximum Gasteiger partial charge on any atom is 0.337 e. The molecular formula is C10H13NO4. The van der Waals surface area contributed by atoms with E-state index in [1.54, 1.807) is 6.07 Å². The third kappa shape index (κ3) is 2.93. The average Bonchev–Trinajstić information content (AvgIpc) is 2.17. The number of benzene rings is 1. The quantitative estimate of drug-likeness (QED) is 0.519. The van der Waals surface area contributed by atoms with Gasteiger partial charge in [-0.05, 0) is 17.7 Å². The molecule has 0 aliphatic heterocycles. The topological polar surface area (TPSA) is 104 Å². The number of carboxylic acid groups (broad SMARTS) is 1. The van der Waals surface area contributed by atoms with E-state index in [0.29, 0.717) is 5.56 Å².